The molecule has 18 heteroatoms. The summed E-state index contributed by atoms with van der Waals surface area (Å²) in [5.41, 5.74) is 6.02. The smallest absolute Gasteiger partial charge is 0.311 e. The predicted molar refractivity (Wildman–Crippen MR) is 237 cm³/mol. The molecule has 0 aliphatic carbocycles. The zero-order chi connectivity index (χ0) is 48.4. The number of hydrogen-bond acceptors (Lipinski definition) is 17. The third kappa shape index (κ3) is 18.8. The molecule has 2 saturated heterocycles. The van der Waals surface area contributed by atoms with Crippen LogP contribution in [0, 0.1) is 17.8 Å². The van der Waals surface area contributed by atoms with Crippen molar-refractivity contribution in [2.75, 3.05) is 0 Å². The number of aliphatic carboxylic acids is 1. The van der Waals surface area contributed by atoms with E-state index in [1.54, 1.807) is 38.2 Å². The molecule has 2 fully saturated rings. The first-order valence-corrected chi connectivity index (χ1v) is 22.6. The molecule has 0 saturated carbocycles. The van der Waals surface area contributed by atoms with Gasteiger partial charge in [0.25, 0.3) is 0 Å². The van der Waals surface area contributed by atoms with Crippen LogP contribution in [-0.2, 0) is 28.5 Å². The second-order valence-electron chi connectivity index (χ2n) is 17.8. The Hall–Kier alpha value is -3.18. The topological polar surface area (TPSA) is 320 Å². The van der Waals surface area contributed by atoms with E-state index in [4.69, 9.17) is 24.7 Å². The molecule has 0 amide bonds. The lowest BCUT2D eigenvalue weighted by atomic mass is 9.82. The summed E-state index contributed by atoms with van der Waals surface area (Å²) in [6, 6.07) is -1.14. The average molecular weight is 926 g/mol. The van der Waals surface area contributed by atoms with Crippen molar-refractivity contribution in [3.63, 3.8) is 0 Å². The van der Waals surface area contributed by atoms with Crippen molar-refractivity contribution < 1.29 is 84.7 Å². The van der Waals surface area contributed by atoms with Gasteiger partial charge in [-0.1, -0.05) is 86.8 Å². The third-order valence-electron chi connectivity index (χ3n) is 12.2. The van der Waals surface area contributed by atoms with Gasteiger partial charge in [0, 0.05) is 31.1 Å². The van der Waals surface area contributed by atoms with Crippen molar-refractivity contribution in [3.8, 4) is 0 Å². The van der Waals surface area contributed by atoms with Gasteiger partial charge >= 0.3 is 11.9 Å². The summed E-state index contributed by atoms with van der Waals surface area (Å²) in [6.07, 6.45) is 2.28. The Balaban J connectivity index is 1.84. The fraction of sp³-hybridized carbons (Fsp3) is 0.702. The Bertz CT molecular complexity index is 1620. The van der Waals surface area contributed by atoms with E-state index in [0.29, 0.717) is 0 Å². The molecule has 3 aliphatic heterocycles. The monoisotopic (exact) mass is 926 g/mol. The number of hydrogen-bond donors (Lipinski definition) is 12. The summed E-state index contributed by atoms with van der Waals surface area (Å²) in [6.45, 7) is 6.78. The van der Waals surface area contributed by atoms with E-state index in [9.17, 15) is 65.8 Å². The van der Waals surface area contributed by atoms with Gasteiger partial charge < -0.3 is 80.9 Å². The summed E-state index contributed by atoms with van der Waals surface area (Å²) in [4.78, 5) is 25.1. The lowest BCUT2D eigenvalue weighted by Crippen LogP contribution is -2.61. The van der Waals surface area contributed by atoms with Crippen molar-refractivity contribution in [2.45, 2.75) is 189 Å². The minimum absolute atomic E-state index is 0.138. The number of esters is 1. The molecule has 0 aromatic heterocycles. The number of carbonyl (C=O) groups is 2. The highest BCUT2D eigenvalue weighted by molar-refractivity contribution is 5.71. The van der Waals surface area contributed by atoms with E-state index < -0.39 is 141 Å². The Labute approximate surface area is 381 Å². The molecule has 2 bridgehead atoms. The molecule has 19 atom stereocenters. The number of cyclic esters (lactones) is 1. The highest BCUT2D eigenvalue weighted by atomic mass is 16.7. The fourth-order valence-electron chi connectivity index (χ4n) is 8.11. The van der Waals surface area contributed by atoms with Gasteiger partial charge in [0.05, 0.1) is 79.6 Å². The van der Waals surface area contributed by atoms with Gasteiger partial charge in [0.15, 0.2) is 12.1 Å². The zero-order valence-electron chi connectivity index (χ0n) is 37.8. The standard InChI is InChI=1S/C47H75NO17/c1-27-17-15-13-11-9-7-5-6-8-10-12-14-16-18-34(64-46-44(58)41(48)43(57)30(4)63-46)24-38-40(45(59)60)37(54)26-47(61,65-38)25-36(53)35(52)20-19-31(49)21-32(50)22-33(51)23-39(55)62-29(3)28(2)42(27)56/h5-6,8,10-18,27-38,40-44,46,49-54,56-58,61H,7,9,19-26,48H2,1-4H3,(H,59,60)/b6-5+,10-8+,13-11+,14-12+,17-15+,18-16+/t27-,28+,29-,30-,31+,32+,33+,34+,35-,36+,37-,38-,40+,41+,42-,43+,44+,46+,47+/m1/s1. The van der Waals surface area contributed by atoms with Crippen LogP contribution in [0.3, 0.4) is 0 Å². The first kappa shape index (κ1) is 56.1. The second-order valence-corrected chi connectivity index (χ2v) is 17.8. The van der Waals surface area contributed by atoms with Crippen LogP contribution in [0.5, 0.6) is 0 Å². The van der Waals surface area contributed by atoms with Gasteiger partial charge in [-0.25, -0.2) is 0 Å². The number of nitrogens with two attached hydrogens (primary N) is 1. The third-order valence-corrected chi connectivity index (χ3v) is 12.2. The number of aliphatic hydroxyl groups is 10. The van der Waals surface area contributed by atoms with Crippen molar-refractivity contribution in [2.24, 2.45) is 23.5 Å². The Morgan fingerprint density at radius 2 is 1.28 bits per heavy atom. The molecule has 13 N–H and O–H groups in total. The number of carbonyl (C=O) groups excluding carboxylic acids is 1. The number of rotatable bonds is 3. The molecule has 0 aromatic rings. The highest BCUT2D eigenvalue weighted by Crippen LogP contribution is 2.38. The van der Waals surface area contributed by atoms with E-state index in [2.05, 4.69) is 0 Å². The van der Waals surface area contributed by atoms with Gasteiger partial charge in [-0.3, -0.25) is 9.59 Å². The number of allylic oxidation sites excluding steroid dienone is 10. The maximum absolute atomic E-state index is 12.6. The molecular formula is C47H75NO17. The normalized spacial score (nSPS) is 45.2. The van der Waals surface area contributed by atoms with Crippen LogP contribution in [0.4, 0.5) is 0 Å². The molecule has 3 aliphatic rings. The minimum atomic E-state index is -2.35. The van der Waals surface area contributed by atoms with Crippen LogP contribution in [0.1, 0.15) is 91.9 Å². The lowest BCUT2D eigenvalue weighted by Gasteiger charge is -2.45. The fourth-order valence-corrected chi connectivity index (χ4v) is 8.11. The predicted octanol–water partition coefficient (Wildman–Crippen LogP) is 0.936. The highest BCUT2D eigenvalue weighted by Gasteiger charge is 2.51. The van der Waals surface area contributed by atoms with Crippen LogP contribution in [0.2, 0.25) is 0 Å². The van der Waals surface area contributed by atoms with Gasteiger partial charge in [0.1, 0.15) is 18.1 Å². The van der Waals surface area contributed by atoms with Crippen molar-refractivity contribution in [1.29, 1.82) is 0 Å². The molecule has 3 rings (SSSR count). The van der Waals surface area contributed by atoms with Gasteiger partial charge in [-0.15, -0.1) is 0 Å². The summed E-state index contributed by atoms with van der Waals surface area (Å²) >= 11 is 0. The molecule has 0 spiro atoms. The number of fused-ring (bicyclic) bond motifs is 2. The first-order chi connectivity index (χ1) is 30.6. The van der Waals surface area contributed by atoms with E-state index in [1.165, 1.54) is 13.0 Å². The molecule has 18 nitrogen and oxygen atoms in total. The summed E-state index contributed by atoms with van der Waals surface area (Å²) in [7, 11) is 0. The number of aliphatic hydroxyl groups excluding tert-OH is 9. The maximum Gasteiger partial charge on any atom is 0.311 e. The van der Waals surface area contributed by atoms with Crippen LogP contribution in [-0.4, -0.2) is 166 Å². The summed E-state index contributed by atoms with van der Waals surface area (Å²) < 4.78 is 23.2. The minimum Gasteiger partial charge on any atom is -0.481 e. The van der Waals surface area contributed by atoms with Crippen molar-refractivity contribution in [1.82, 2.24) is 0 Å². The van der Waals surface area contributed by atoms with Crippen LogP contribution < -0.4 is 5.73 Å². The Morgan fingerprint density at radius 1 is 0.692 bits per heavy atom. The van der Waals surface area contributed by atoms with Crippen LogP contribution in [0.25, 0.3) is 0 Å². The molecule has 370 valence electrons. The summed E-state index contributed by atoms with van der Waals surface area (Å²) in [5, 5.41) is 118. The van der Waals surface area contributed by atoms with Gasteiger partial charge in [-0.2, -0.15) is 0 Å². The lowest BCUT2D eigenvalue weighted by molar-refractivity contribution is -0.310. The quantitative estimate of drug-likeness (QED) is 0.175. The van der Waals surface area contributed by atoms with Gasteiger partial charge in [-0.05, 0) is 52.4 Å². The Kier molecular flexibility index (Phi) is 23.8. The Morgan fingerprint density at radius 3 is 1.94 bits per heavy atom. The van der Waals surface area contributed by atoms with E-state index in [1.807, 2.05) is 49.5 Å². The van der Waals surface area contributed by atoms with E-state index >= 15 is 0 Å². The number of ether oxygens (including phenoxy) is 4. The molecule has 0 radical (unpaired) electrons. The average Bonchev–Trinajstić information content (AvgIpc) is 3.21. The molecule has 0 unspecified atom stereocenters. The van der Waals surface area contributed by atoms with Crippen molar-refractivity contribution in [3.05, 3.63) is 72.9 Å². The van der Waals surface area contributed by atoms with Gasteiger partial charge in [0.2, 0.25) is 0 Å². The number of carboxylic acid groups (broad SMARTS) is 1. The van der Waals surface area contributed by atoms with Crippen molar-refractivity contribution >= 4 is 11.9 Å². The SMILES string of the molecule is C[C@@H]1[C@H](O)[C@H](C)/C=C/C=C/CC/C=C/C=C/C=C/C=C/[C@H](O[C@@H]2O[C@H](C)[C@H](O)[C@H](N)[C@@H]2O)C[C@H]2O[C@](O)(C[C@@H](O)[C@@H]2C(=O)O)C[C@H](O)[C@H](O)CC[C@H](O)C[C@H](O)C[C@H](O)CC(=O)O[C@@H]1C. The summed E-state index contributed by atoms with van der Waals surface area (Å²) in [5.74, 6) is -6.82. The second kappa shape index (κ2) is 27.6. The largest absolute Gasteiger partial charge is 0.481 e. The van der Waals surface area contributed by atoms with E-state index in [-0.39, 0.29) is 38.0 Å². The maximum atomic E-state index is 12.6. The molecule has 3 heterocycles. The number of carboxylic acids is 1. The molecule has 65 heavy (non-hydrogen) atoms. The van der Waals surface area contributed by atoms with E-state index in [0.717, 1.165) is 12.8 Å². The molecular weight excluding hydrogens is 851 g/mol. The van der Waals surface area contributed by atoms with Crippen LogP contribution in [0.15, 0.2) is 72.9 Å². The molecule has 0 aromatic carbocycles. The first-order valence-electron chi connectivity index (χ1n) is 22.6. The van der Waals surface area contributed by atoms with Crippen LogP contribution >= 0.6 is 0 Å². The zero-order valence-corrected chi connectivity index (χ0v) is 37.8.